The summed E-state index contributed by atoms with van der Waals surface area (Å²) in [7, 11) is 1.48. The number of nitrogens with one attached hydrogen (secondary N) is 2. The van der Waals surface area contributed by atoms with E-state index in [2.05, 4.69) is 10.6 Å². The van der Waals surface area contributed by atoms with E-state index in [4.69, 9.17) is 11.6 Å². The molecule has 1 amide bonds. The molecule has 0 aromatic heterocycles. The maximum Gasteiger partial charge on any atom is 0.270 e. The average Bonchev–Trinajstić information content (AvgIpc) is 2.56. The Balaban J connectivity index is 2.14. The van der Waals surface area contributed by atoms with Gasteiger partial charge < -0.3 is 10.6 Å². The van der Waals surface area contributed by atoms with Gasteiger partial charge >= 0.3 is 0 Å². The summed E-state index contributed by atoms with van der Waals surface area (Å²) in [5.74, 6) is -0.381. The van der Waals surface area contributed by atoms with Crippen LogP contribution in [0.4, 0.5) is 11.4 Å². The number of hydrogen-bond acceptors (Lipinski definition) is 4. The number of nitro groups is 1. The quantitative estimate of drug-likeness (QED) is 0.627. The Bertz CT molecular complexity index is 734. The minimum absolute atomic E-state index is 0.125. The van der Waals surface area contributed by atoms with E-state index in [0.29, 0.717) is 23.7 Å². The van der Waals surface area contributed by atoms with E-state index in [1.165, 1.54) is 25.2 Å². The molecule has 0 saturated heterocycles. The zero-order valence-corrected chi connectivity index (χ0v) is 13.3. The van der Waals surface area contributed by atoms with Gasteiger partial charge in [-0.2, -0.15) is 0 Å². The van der Waals surface area contributed by atoms with Crippen molar-refractivity contribution in [2.24, 2.45) is 0 Å². The molecule has 0 radical (unpaired) electrons. The van der Waals surface area contributed by atoms with Crippen molar-refractivity contribution in [1.82, 2.24) is 5.32 Å². The van der Waals surface area contributed by atoms with Crippen molar-refractivity contribution in [3.8, 4) is 0 Å². The monoisotopic (exact) mass is 333 g/mol. The van der Waals surface area contributed by atoms with Crippen LogP contribution in [0, 0.1) is 10.1 Å². The van der Waals surface area contributed by atoms with Crippen LogP contribution in [0.5, 0.6) is 0 Å². The number of rotatable bonds is 6. The number of nitro benzene ring substituents is 1. The zero-order valence-electron chi connectivity index (χ0n) is 12.5. The van der Waals surface area contributed by atoms with Crippen LogP contribution in [0.3, 0.4) is 0 Å². The first-order valence-corrected chi connectivity index (χ1v) is 7.38. The molecule has 2 aromatic rings. The zero-order chi connectivity index (χ0) is 16.8. The SMILES string of the molecule is CNC(=O)c1cc([N+](=O)[O-])ccc1NCCc1ccccc1Cl. The van der Waals surface area contributed by atoms with Crippen LogP contribution in [0.25, 0.3) is 0 Å². The second kappa shape index (κ2) is 7.60. The van der Waals surface area contributed by atoms with E-state index in [1.807, 2.05) is 24.3 Å². The van der Waals surface area contributed by atoms with Crippen LogP contribution in [0.1, 0.15) is 15.9 Å². The van der Waals surface area contributed by atoms with Crippen molar-refractivity contribution in [2.75, 3.05) is 18.9 Å². The molecule has 6 nitrogen and oxygen atoms in total. The molecule has 0 aliphatic rings. The van der Waals surface area contributed by atoms with E-state index < -0.39 is 4.92 Å². The summed E-state index contributed by atoms with van der Waals surface area (Å²) in [4.78, 5) is 22.2. The van der Waals surface area contributed by atoms with Crippen LogP contribution in [-0.4, -0.2) is 24.4 Å². The van der Waals surface area contributed by atoms with Crippen molar-refractivity contribution in [3.05, 3.63) is 68.7 Å². The van der Waals surface area contributed by atoms with Gasteiger partial charge in [-0.05, 0) is 24.1 Å². The first-order valence-electron chi connectivity index (χ1n) is 7.00. The molecule has 0 aliphatic carbocycles. The Morgan fingerprint density at radius 3 is 2.65 bits per heavy atom. The highest BCUT2D eigenvalue weighted by Gasteiger charge is 2.15. The van der Waals surface area contributed by atoms with Gasteiger partial charge in [0, 0.05) is 36.4 Å². The Kier molecular flexibility index (Phi) is 5.54. The number of nitrogens with zero attached hydrogens (tertiary/aromatic N) is 1. The average molecular weight is 334 g/mol. The molecule has 7 heteroatoms. The normalized spacial score (nSPS) is 10.2. The molecule has 23 heavy (non-hydrogen) atoms. The molecular weight excluding hydrogens is 318 g/mol. The van der Waals surface area contributed by atoms with Gasteiger partial charge in [0.05, 0.1) is 10.5 Å². The summed E-state index contributed by atoms with van der Waals surface area (Å²) in [6, 6.07) is 11.7. The van der Waals surface area contributed by atoms with E-state index >= 15 is 0 Å². The number of carbonyl (C=O) groups is 1. The van der Waals surface area contributed by atoms with E-state index in [9.17, 15) is 14.9 Å². The van der Waals surface area contributed by atoms with Gasteiger partial charge in [-0.15, -0.1) is 0 Å². The largest absolute Gasteiger partial charge is 0.384 e. The molecule has 0 heterocycles. The number of non-ortho nitro benzene ring substituents is 1. The van der Waals surface area contributed by atoms with Crippen LogP contribution in [0.2, 0.25) is 5.02 Å². The fraction of sp³-hybridized carbons (Fsp3) is 0.188. The molecular formula is C16H16ClN3O3. The minimum atomic E-state index is -0.528. The highest BCUT2D eigenvalue weighted by molar-refractivity contribution is 6.31. The van der Waals surface area contributed by atoms with E-state index in [1.54, 1.807) is 0 Å². The maximum atomic E-state index is 11.9. The number of benzene rings is 2. The molecule has 2 aromatic carbocycles. The summed E-state index contributed by atoms with van der Waals surface area (Å²) in [6.07, 6.45) is 0.670. The molecule has 0 unspecified atom stereocenters. The first kappa shape index (κ1) is 16.8. The summed E-state index contributed by atoms with van der Waals surface area (Å²) >= 11 is 6.10. The van der Waals surface area contributed by atoms with Gasteiger partial charge in [-0.25, -0.2) is 0 Å². The van der Waals surface area contributed by atoms with Crippen molar-refractivity contribution < 1.29 is 9.72 Å². The molecule has 0 spiro atoms. The molecule has 0 atom stereocenters. The van der Waals surface area contributed by atoms with E-state index in [-0.39, 0.29) is 17.2 Å². The summed E-state index contributed by atoms with van der Waals surface area (Å²) < 4.78 is 0. The van der Waals surface area contributed by atoms with Gasteiger partial charge in [0.2, 0.25) is 0 Å². The van der Waals surface area contributed by atoms with Crippen LogP contribution in [-0.2, 0) is 6.42 Å². The van der Waals surface area contributed by atoms with Gasteiger partial charge in [-0.3, -0.25) is 14.9 Å². The van der Waals surface area contributed by atoms with Crippen LogP contribution >= 0.6 is 11.6 Å². The lowest BCUT2D eigenvalue weighted by Crippen LogP contribution is -2.20. The molecule has 2 N–H and O–H groups in total. The Labute approximate surface area is 138 Å². The first-order chi connectivity index (χ1) is 11.0. The lowest BCUT2D eigenvalue weighted by molar-refractivity contribution is -0.384. The molecule has 0 saturated carbocycles. The third kappa shape index (κ3) is 4.20. The van der Waals surface area contributed by atoms with E-state index in [0.717, 1.165) is 5.56 Å². The van der Waals surface area contributed by atoms with Gasteiger partial charge in [-0.1, -0.05) is 29.8 Å². The Morgan fingerprint density at radius 2 is 2.00 bits per heavy atom. The van der Waals surface area contributed by atoms with Crippen LogP contribution in [0.15, 0.2) is 42.5 Å². The van der Waals surface area contributed by atoms with Gasteiger partial charge in [0.15, 0.2) is 0 Å². The number of hydrogen-bond donors (Lipinski definition) is 2. The highest BCUT2D eigenvalue weighted by Crippen LogP contribution is 2.22. The number of halogens is 1. The van der Waals surface area contributed by atoms with Crippen molar-refractivity contribution in [2.45, 2.75) is 6.42 Å². The second-order valence-electron chi connectivity index (χ2n) is 4.83. The van der Waals surface area contributed by atoms with Crippen molar-refractivity contribution in [1.29, 1.82) is 0 Å². The molecule has 0 bridgehead atoms. The molecule has 0 fully saturated rings. The van der Waals surface area contributed by atoms with Crippen molar-refractivity contribution in [3.63, 3.8) is 0 Å². The molecule has 120 valence electrons. The van der Waals surface area contributed by atoms with Gasteiger partial charge in [0.25, 0.3) is 11.6 Å². The predicted molar refractivity (Wildman–Crippen MR) is 90.1 cm³/mol. The molecule has 2 rings (SSSR count). The van der Waals surface area contributed by atoms with Crippen molar-refractivity contribution >= 4 is 28.9 Å². The number of anilines is 1. The Morgan fingerprint density at radius 1 is 1.26 bits per heavy atom. The smallest absolute Gasteiger partial charge is 0.270 e. The third-order valence-corrected chi connectivity index (χ3v) is 3.72. The maximum absolute atomic E-state index is 11.9. The van der Waals surface area contributed by atoms with Gasteiger partial charge in [0.1, 0.15) is 0 Å². The topological polar surface area (TPSA) is 84.3 Å². The number of carbonyl (C=O) groups excluding carboxylic acids is 1. The number of amides is 1. The Hall–Kier alpha value is -2.60. The summed E-state index contributed by atoms with van der Waals surface area (Å²) in [5.41, 5.74) is 1.65. The molecule has 0 aliphatic heterocycles. The standard InChI is InChI=1S/C16H16ClN3O3/c1-18-16(21)13-10-12(20(22)23)6-7-15(13)19-9-8-11-4-2-3-5-14(11)17/h2-7,10,19H,8-9H2,1H3,(H,18,21). The predicted octanol–water partition coefficient (Wildman–Crippen LogP) is 3.26. The fourth-order valence-electron chi connectivity index (χ4n) is 2.16. The highest BCUT2D eigenvalue weighted by atomic mass is 35.5. The second-order valence-corrected chi connectivity index (χ2v) is 5.24. The summed E-state index contributed by atoms with van der Waals surface area (Å²) in [5, 5.41) is 17.1. The van der Waals surface area contributed by atoms with Crippen LogP contribution < -0.4 is 10.6 Å². The minimum Gasteiger partial charge on any atom is -0.384 e. The fourth-order valence-corrected chi connectivity index (χ4v) is 2.39. The summed E-state index contributed by atoms with van der Waals surface area (Å²) in [6.45, 7) is 0.547. The lowest BCUT2D eigenvalue weighted by atomic mass is 10.1. The lowest BCUT2D eigenvalue weighted by Gasteiger charge is -2.11. The third-order valence-electron chi connectivity index (χ3n) is 3.35.